The maximum Gasteiger partial charge on any atom is 0.293 e. The number of nitro groups is 1. The third kappa shape index (κ3) is 2.73. The lowest BCUT2D eigenvalue weighted by Gasteiger charge is -2.04. The minimum atomic E-state index is -0.582. The normalized spacial score (nSPS) is 10.2. The van der Waals surface area contributed by atoms with E-state index in [-0.39, 0.29) is 23.1 Å². The number of hydrogen-bond donors (Lipinski definition) is 1. The van der Waals surface area contributed by atoms with Crippen LogP contribution in [-0.2, 0) is 4.79 Å². The molecular weight excluding hydrogens is 252 g/mol. The number of hydrogen-bond acceptors (Lipinski definition) is 6. The lowest BCUT2D eigenvalue weighted by Crippen LogP contribution is -2.08. The Morgan fingerprint density at radius 2 is 2.21 bits per heavy atom. The van der Waals surface area contributed by atoms with Gasteiger partial charge in [0.05, 0.1) is 4.92 Å². The summed E-state index contributed by atoms with van der Waals surface area (Å²) in [5, 5.41) is 17.1. The Morgan fingerprint density at radius 3 is 2.74 bits per heavy atom. The van der Waals surface area contributed by atoms with E-state index in [1.165, 1.54) is 19.1 Å². The zero-order valence-corrected chi connectivity index (χ0v) is 10.2. The molecule has 8 heteroatoms. The van der Waals surface area contributed by atoms with E-state index in [9.17, 15) is 14.9 Å². The Balaban J connectivity index is 2.47. The highest BCUT2D eigenvalue weighted by atomic mass is 16.6. The molecule has 0 aliphatic heterocycles. The summed E-state index contributed by atoms with van der Waals surface area (Å²) in [6, 6.07) is 4.29. The minimum Gasteiger partial charge on any atom is -0.339 e. The second-order valence-corrected chi connectivity index (χ2v) is 3.81. The van der Waals surface area contributed by atoms with Crippen LogP contribution in [0.1, 0.15) is 12.8 Å². The number of nitrogens with zero attached hydrogens (tertiary/aromatic N) is 3. The van der Waals surface area contributed by atoms with Gasteiger partial charge in [-0.05, 0) is 12.1 Å². The Kier molecular flexibility index (Phi) is 3.23. The lowest BCUT2D eigenvalue weighted by molar-refractivity contribution is -0.383. The number of rotatable bonds is 3. The Morgan fingerprint density at radius 1 is 1.47 bits per heavy atom. The molecule has 0 spiro atoms. The number of benzene rings is 1. The Hall–Kier alpha value is -2.77. The maximum absolute atomic E-state index is 11.0. The topological polar surface area (TPSA) is 111 Å². The van der Waals surface area contributed by atoms with Gasteiger partial charge in [-0.15, -0.1) is 0 Å². The molecule has 8 nitrogen and oxygen atoms in total. The molecule has 98 valence electrons. The molecule has 1 aromatic heterocycles. The van der Waals surface area contributed by atoms with Crippen molar-refractivity contribution >= 4 is 17.3 Å². The van der Waals surface area contributed by atoms with Crippen molar-refractivity contribution in [2.75, 3.05) is 5.32 Å². The standard InChI is InChI=1S/C11H10N4O4/c1-6(16)12-9-4-3-8(5-10(9)15(17)18)11-13-7(2)19-14-11/h3-5H,1-2H3,(H,12,16). The third-order valence-corrected chi connectivity index (χ3v) is 2.29. The van der Waals surface area contributed by atoms with Crippen LogP contribution in [0.15, 0.2) is 22.7 Å². The molecule has 0 saturated heterocycles. The van der Waals surface area contributed by atoms with Crippen LogP contribution in [0, 0.1) is 17.0 Å². The summed E-state index contributed by atoms with van der Waals surface area (Å²) in [6.07, 6.45) is 0. The summed E-state index contributed by atoms with van der Waals surface area (Å²) in [6.45, 7) is 2.90. The molecule has 0 aliphatic carbocycles. The quantitative estimate of drug-likeness (QED) is 0.668. The predicted octanol–water partition coefficient (Wildman–Crippen LogP) is 1.91. The van der Waals surface area contributed by atoms with Crippen LogP contribution in [0.3, 0.4) is 0 Å². The highest BCUT2D eigenvalue weighted by Crippen LogP contribution is 2.29. The number of anilines is 1. The van der Waals surface area contributed by atoms with Crippen molar-refractivity contribution in [2.45, 2.75) is 13.8 Å². The van der Waals surface area contributed by atoms with Gasteiger partial charge in [0, 0.05) is 25.5 Å². The molecule has 0 fully saturated rings. The molecule has 0 aliphatic rings. The Labute approximate surface area is 107 Å². The molecule has 2 aromatic rings. The molecule has 0 bridgehead atoms. The number of aryl methyl sites for hydroxylation is 1. The van der Waals surface area contributed by atoms with Crippen LogP contribution in [0.2, 0.25) is 0 Å². The van der Waals surface area contributed by atoms with E-state index in [2.05, 4.69) is 15.5 Å². The molecule has 0 unspecified atom stereocenters. The van der Waals surface area contributed by atoms with Gasteiger partial charge in [0.1, 0.15) is 5.69 Å². The van der Waals surface area contributed by atoms with Crippen LogP contribution in [0.4, 0.5) is 11.4 Å². The molecule has 1 amide bonds. The van der Waals surface area contributed by atoms with E-state index in [1.54, 1.807) is 13.0 Å². The van der Waals surface area contributed by atoms with E-state index >= 15 is 0 Å². The third-order valence-electron chi connectivity index (χ3n) is 2.29. The second-order valence-electron chi connectivity index (χ2n) is 3.81. The van der Waals surface area contributed by atoms with Crippen molar-refractivity contribution in [1.82, 2.24) is 10.1 Å². The van der Waals surface area contributed by atoms with Gasteiger partial charge in [0.25, 0.3) is 5.69 Å². The van der Waals surface area contributed by atoms with Crippen molar-refractivity contribution < 1.29 is 14.2 Å². The molecule has 1 aromatic carbocycles. The average molecular weight is 262 g/mol. The van der Waals surface area contributed by atoms with Gasteiger partial charge < -0.3 is 9.84 Å². The lowest BCUT2D eigenvalue weighted by atomic mass is 10.1. The number of nitro benzene ring substituents is 1. The second kappa shape index (κ2) is 4.84. The van der Waals surface area contributed by atoms with Crippen LogP contribution < -0.4 is 5.32 Å². The SMILES string of the molecule is CC(=O)Nc1ccc(-c2noc(C)n2)cc1[N+](=O)[O-]. The van der Waals surface area contributed by atoms with Crippen molar-refractivity contribution in [3.05, 3.63) is 34.2 Å². The highest BCUT2D eigenvalue weighted by molar-refractivity contribution is 5.91. The van der Waals surface area contributed by atoms with Crippen LogP contribution in [-0.4, -0.2) is 21.0 Å². The van der Waals surface area contributed by atoms with Crippen molar-refractivity contribution in [1.29, 1.82) is 0 Å². The Bertz CT molecular complexity index is 650. The predicted molar refractivity (Wildman–Crippen MR) is 65.4 cm³/mol. The minimum absolute atomic E-state index is 0.126. The summed E-state index contributed by atoms with van der Waals surface area (Å²) in [5.74, 6) is 0.241. The molecule has 0 atom stereocenters. The maximum atomic E-state index is 11.0. The van der Waals surface area contributed by atoms with Crippen molar-refractivity contribution in [2.24, 2.45) is 0 Å². The fraction of sp³-hybridized carbons (Fsp3) is 0.182. The average Bonchev–Trinajstić information content (AvgIpc) is 2.75. The first kappa shape index (κ1) is 12.7. The zero-order chi connectivity index (χ0) is 14.0. The smallest absolute Gasteiger partial charge is 0.293 e. The summed E-state index contributed by atoms with van der Waals surface area (Å²) in [7, 11) is 0. The fourth-order valence-electron chi connectivity index (χ4n) is 1.53. The summed E-state index contributed by atoms with van der Waals surface area (Å²) < 4.78 is 4.81. The van der Waals surface area contributed by atoms with Gasteiger partial charge in [0.15, 0.2) is 0 Å². The van der Waals surface area contributed by atoms with Gasteiger partial charge in [-0.25, -0.2) is 0 Å². The first-order valence-corrected chi connectivity index (χ1v) is 5.34. The van der Waals surface area contributed by atoms with E-state index in [4.69, 9.17) is 4.52 Å². The summed E-state index contributed by atoms with van der Waals surface area (Å²) >= 11 is 0. The van der Waals surface area contributed by atoms with Crippen LogP contribution >= 0.6 is 0 Å². The largest absolute Gasteiger partial charge is 0.339 e. The summed E-state index contributed by atoms with van der Waals surface area (Å²) in [5.41, 5.74) is 0.342. The number of carbonyl (C=O) groups excluding carboxylic acids is 1. The van der Waals surface area contributed by atoms with E-state index in [0.29, 0.717) is 11.5 Å². The van der Waals surface area contributed by atoms with Crippen LogP contribution in [0.5, 0.6) is 0 Å². The van der Waals surface area contributed by atoms with Crippen molar-refractivity contribution in [3.8, 4) is 11.4 Å². The summed E-state index contributed by atoms with van der Waals surface area (Å²) in [4.78, 5) is 25.4. The highest BCUT2D eigenvalue weighted by Gasteiger charge is 2.17. The molecule has 19 heavy (non-hydrogen) atoms. The first-order valence-electron chi connectivity index (χ1n) is 5.34. The molecular formula is C11H10N4O4. The van der Waals surface area contributed by atoms with Crippen LogP contribution in [0.25, 0.3) is 11.4 Å². The van der Waals surface area contributed by atoms with E-state index in [1.807, 2.05) is 0 Å². The van der Waals surface area contributed by atoms with Gasteiger partial charge in [-0.3, -0.25) is 14.9 Å². The molecule has 1 heterocycles. The van der Waals surface area contributed by atoms with Gasteiger partial charge in [-0.1, -0.05) is 5.16 Å². The number of carbonyl (C=O) groups is 1. The molecule has 1 N–H and O–H groups in total. The molecule has 2 rings (SSSR count). The fourth-order valence-corrected chi connectivity index (χ4v) is 1.53. The molecule has 0 saturated carbocycles. The zero-order valence-electron chi connectivity index (χ0n) is 10.2. The monoisotopic (exact) mass is 262 g/mol. The van der Waals surface area contributed by atoms with Gasteiger partial charge in [0.2, 0.25) is 17.6 Å². The van der Waals surface area contributed by atoms with Gasteiger partial charge in [-0.2, -0.15) is 4.98 Å². The van der Waals surface area contributed by atoms with E-state index in [0.717, 1.165) is 0 Å². The number of aromatic nitrogens is 2. The van der Waals surface area contributed by atoms with E-state index < -0.39 is 4.92 Å². The van der Waals surface area contributed by atoms with Gasteiger partial charge >= 0.3 is 0 Å². The molecule has 0 radical (unpaired) electrons. The van der Waals surface area contributed by atoms with Crippen molar-refractivity contribution in [3.63, 3.8) is 0 Å². The number of nitrogens with one attached hydrogen (secondary N) is 1. The first-order chi connectivity index (χ1) is 8.97. The number of amides is 1.